The Balaban J connectivity index is 1.04. The summed E-state index contributed by atoms with van der Waals surface area (Å²) in [6.45, 7) is 1.76. The average Bonchev–Trinajstić information content (AvgIpc) is 3.75. The van der Waals surface area contributed by atoms with Gasteiger partial charge in [-0.3, -0.25) is 0 Å². The van der Waals surface area contributed by atoms with E-state index < -0.39 is 0 Å². The number of aryl methyl sites for hydroxylation is 2. The van der Waals surface area contributed by atoms with Gasteiger partial charge < -0.3 is 28.7 Å². The van der Waals surface area contributed by atoms with Crippen LogP contribution in [0.2, 0.25) is 0 Å². The van der Waals surface area contributed by atoms with Crippen molar-refractivity contribution in [2.45, 2.75) is 25.7 Å². The lowest BCUT2D eigenvalue weighted by Gasteiger charge is -2.43. The van der Waals surface area contributed by atoms with E-state index in [9.17, 15) is 0 Å². The summed E-state index contributed by atoms with van der Waals surface area (Å²) in [5, 5.41) is 2.51. The molecule has 0 bridgehead atoms. The highest BCUT2D eigenvalue weighted by Crippen LogP contribution is 2.50. The van der Waals surface area contributed by atoms with Gasteiger partial charge in [-0.2, -0.15) is 0 Å². The predicted molar refractivity (Wildman–Crippen MR) is 281 cm³/mol. The highest BCUT2D eigenvalue weighted by molar-refractivity contribution is 7.02. The van der Waals surface area contributed by atoms with Gasteiger partial charge in [0.2, 0.25) is 0 Å². The summed E-state index contributed by atoms with van der Waals surface area (Å²) < 4.78 is 16.8. The lowest BCUT2D eigenvalue weighted by Crippen LogP contribution is -2.63. The summed E-state index contributed by atoms with van der Waals surface area (Å²) in [6, 6.07) is 67.7. The van der Waals surface area contributed by atoms with Crippen molar-refractivity contribution in [3.05, 3.63) is 193 Å². The van der Waals surface area contributed by atoms with Gasteiger partial charge in [0.15, 0.2) is 0 Å². The van der Waals surface area contributed by atoms with Crippen molar-refractivity contribution in [3.63, 3.8) is 0 Å². The van der Waals surface area contributed by atoms with E-state index in [0.717, 1.165) is 84.5 Å². The van der Waals surface area contributed by atoms with Gasteiger partial charge in [0.1, 0.15) is 23.0 Å². The number of para-hydroxylation sites is 6. The van der Waals surface area contributed by atoms with Crippen molar-refractivity contribution in [2.24, 2.45) is 0 Å². The third-order valence-corrected chi connectivity index (χ3v) is 15.8. The van der Waals surface area contributed by atoms with Crippen molar-refractivity contribution < 1.29 is 9.47 Å². The zero-order valence-corrected chi connectivity index (χ0v) is 37.3. The van der Waals surface area contributed by atoms with E-state index >= 15 is 0 Å². The van der Waals surface area contributed by atoms with Crippen LogP contribution in [0.3, 0.4) is 0 Å². The number of nitrogens with zero attached hydrogens (tertiary/aromatic N) is 4. The van der Waals surface area contributed by atoms with Gasteiger partial charge in [0, 0.05) is 75.8 Å². The molecule has 0 aliphatic carbocycles. The summed E-state index contributed by atoms with van der Waals surface area (Å²) in [5.74, 6) is 3.69. The Labute approximate surface area is 395 Å². The van der Waals surface area contributed by atoms with E-state index in [1.54, 1.807) is 0 Å². The molecule has 1 aromatic heterocycles. The Morgan fingerprint density at radius 1 is 0.412 bits per heavy atom. The quantitative estimate of drug-likeness (QED) is 0.165. The summed E-state index contributed by atoms with van der Waals surface area (Å²) in [7, 11) is 0. The molecule has 68 heavy (non-hydrogen) atoms. The van der Waals surface area contributed by atoms with Gasteiger partial charge in [-0.05, 0) is 124 Å². The maximum Gasteiger partial charge on any atom is 0.256 e. The van der Waals surface area contributed by atoms with Crippen LogP contribution in [0.1, 0.15) is 24.0 Å². The van der Waals surface area contributed by atoms with Crippen LogP contribution < -0.4 is 57.0 Å². The molecular formula is C60H42B2N4O2. The van der Waals surface area contributed by atoms with Crippen molar-refractivity contribution in [1.29, 1.82) is 0 Å². The number of hydrogen-bond acceptors (Lipinski definition) is 5. The van der Waals surface area contributed by atoms with E-state index in [2.05, 4.69) is 201 Å². The first-order valence-electron chi connectivity index (χ1n) is 24.3. The topological polar surface area (TPSA) is 33.1 Å². The molecule has 320 valence electrons. The SMILES string of the molecule is c1ccc(N2c3cc(N4CCCc5ccccc54)cc4c3B(c3ccccc3O4)c3cc4c5c(c32)c2ccccc2n5-c2cc(N3CCCc5ccccc53)cc3c2B4c2ccccc2O3)cc1. The molecule has 6 nitrogen and oxygen atoms in total. The molecule has 9 aromatic carbocycles. The summed E-state index contributed by atoms with van der Waals surface area (Å²) in [4.78, 5) is 7.62. The Morgan fingerprint density at radius 3 is 1.63 bits per heavy atom. The molecule has 0 N–H and O–H groups in total. The number of aromatic nitrogens is 1. The molecule has 8 heteroatoms. The number of anilines is 7. The van der Waals surface area contributed by atoms with Crippen LogP contribution >= 0.6 is 0 Å². The lowest BCUT2D eigenvalue weighted by molar-refractivity contribution is 0.487. The molecule has 0 amide bonds. The molecule has 0 fully saturated rings. The van der Waals surface area contributed by atoms with E-state index in [1.807, 2.05) is 0 Å². The molecule has 0 radical (unpaired) electrons. The fraction of sp³-hybridized carbons (Fsp3) is 0.100. The third-order valence-electron chi connectivity index (χ3n) is 15.8. The maximum atomic E-state index is 7.14. The lowest BCUT2D eigenvalue weighted by atomic mass is 9.31. The molecule has 16 rings (SSSR count). The Morgan fingerprint density at radius 2 is 0.956 bits per heavy atom. The molecule has 0 saturated heterocycles. The molecule has 7 heterocycles. The molecule has 0 atom stereocenters. The smallest absolute Gasteiger partial charge is 0.256 e. The zero-order chi connectivity index (χ0) is 44.2. The second-order valence-electron chi connectivity index (χ2n) is 19.3. The van der Waals surface area contributed by atoms with Crippen LogP contribution in [0.5, 0.6) is 23.0 Å². The average molecular weight is 873 g/mol. The molecule has 6 aliphatic heterocycles. The predicted octanol–water partition coefficient (Wildman–Crippen LogP) is 10.3. The monoisotopic (exact) mass is 872 g/mol. The van der Waals surface area contributed by atoms with E-state index in [0.29, 0.717) is 0 Å². The van der Waals surface area contributed by atoms with Crippen LogP contribution in [0.4, 0.5) is 39.8 Å². The minimum Gasteiger partial charge on any atom is -0.458 e. The van der Waals surface area contributed by atoms with Gasteiger partial charge in [-0.1, -0.05) is 115 Å². The van der Waals surface area contributed by atoms with E-state index in [1.165, 1.54) is 88.5 Å². The Hall–Kier alpha value is -8.09. The molecular weight excluding hydrogens is 830 g/mol. The number of benzene rings is 9. The molecule has 0 saturated carbocycles. The van der Waals surface area contributed by atoms with Gasteiger partial charge in [0.05, 0.1) is 16.7 Å². The highest BCUT2D eigenvalue weighted by Gasteiger charge is 2.48. The summed E-state index contributed by atoms with van der Waals surface area (Å²) >= 11 is 0. The van der Waals surface area contributed by atoms with Crippen molar-refractivity contribution in [2.75, 3.05) is 27.8 Å². The van der Waals surface area contributed by atoms with Crippen LogP contribution in [0.15, 0.2) is 182 Å². The van der Waals surface area contributed by atoms with E-state index in [4.69, 9.17) is 9.47 Å². The standard InChI is InChI=1S/C60H42B2N4O2/c1-2-20-39(21-3-1)65-50-32-40(63-30-14-18-37-16-4-9-25-47(37)63)34-54-57(50)61(43-23-7-12-28-52(43)67-54)45-36-46-60-56(59(45)65)42-22-6-11-27-49(42)66(60)51-33-41(64-31-15-19-38-17-5-10-26-48(38)64)35-55-58(51)62(46)44-24-8-13-29-53(44)68-55/h1-13,16-17,20-29,32-36H,14-15,18-19,30-31H2. The molecule has 6 aliphatic rings. The first-order chi connectivity index (χ1) is 33.7. The zero-order valence-electron chi connectivity index (χ0n) is 37.3. The van der Waals surface area contributed by atoms with Gasteiger partial charge in [-0.15, -0.1) is 0 Å². The largest absolute Gasteiger partial charge is 0.458 e. The summed E-state index contributed by atoms with van der Waals surface area (Å²) in [5.41, 5.74) is 22.2. The number of rotatable bonds is 3. The van der Waals surface area contributed by atoms with Gasteiger partial charge in [-0.25, -0.2) is 0 Å². The molecule has 0 unspecified atom stereocenters. The number of ether oxygens (including phenoxy) is 2. The fourth-order valence-electron chi connectivity index (χ4n) is 13.1. The second-order valence-corrected chi connectivity index (χ2v) is 19.3. The van der Waals surface area contributed by atoms with Crippen LogP contribution in [-0.4, -0.2) is 31.1 Å². The first kappa shape index (κ1) is 37.1. The van der Waals surface area contributed by atoms with Crippen LogP contribution in [0, 0.1) is 0 Å². The third kappa shape index (κ3) is 4.94. The molecule has 10 aromatic rings. The minimum absolute atomic E-state index is 0.0556. The van der Waals surface area contributed by atoms with Crippen LogP contribution in [-0.2, 0) is 12.8 Å². The molecule has 0 spiro atoms. The fourth-order valence-corrected chi connectivity index (χ4v) is 13.1. The number of fused-ring (bicyclic) bond motifs is 14. The van der Waals surface area contributed by atoms with Crippen molar-refractivity contribution in [1.82, 2.24) is 4.57 Å². The number of hydrogen-bond donors (Lipinski definition) is 0. The summed E-state index contributed by atoms with van der Waals surface area (Å²) in [6.07, 6.45) is 4.36. The maximum absolute atomic E-state index is 7.14. The van der Waals surface area contributed by atoms with E-state index in [-0.39, 0.29) is 13.4 Å². The van der Waals surface area contributed by atoms with Crippen LogP contribution in [0.25, 0.3) is 27.5 Å². The van der Waals surface area contributed by atoms with Crippen molar-refractivity contribution in [3.8, 4) is 28.7 Å². The minimum atomic E-state index is -0.0807. The highest BCUT2D eigenvalue weighted by atomic mass is 16.5. The second kappa shape index (κ2) is 13.7. The van der Waals surface area contributed by atoms with Crippen molar-refractivity contribution >= 4 is 108 Å². The Kier molecular flexibility index (Phi) is 7.49. The van der Waals surface area contributed by atoms with Gasteiger partial charge in [0.25, 0.3) is 13.4 Å². The Bertz CT molecular complexity index is 3830. The first-order valence-corrected chi connectivity index (χ1v) is 24.3. The van der Waals surface area contributed by atoms with Gasteiger partial charge >= 0.3 is 0 Å². The normalized spacial score (nSPS) is 15.4.